The van der Waals surface area contributed by atoms with Crippen molar-refractivity contribution in [2.75, 3.05) is 9.80 Å². The van der Waals surface area contributed by atoms with Crippen molar-refractivity contribution >= 4 is 34.1 Å². The molecule has 2 aliphatic heterocycles. The van der Waals surface area contributed by atoms with Gasteiger partial charge in [-0.05, 0) is 81.9 Å². The standard InChI is InChI=1S/C42H36N2/c1-41(2)34-21-11-12-24-38(34)44-39-26-25-33(28-37(39)42(3,4)36-23-14-22-35(41)40(36)44)43(31-18-9-6-10-19-31)32-20-13-17-30(27-32)29-15-7-5-8-16-29/h5-28H,1-4H3. The first-order valence-electron chi connectivity index (χ1n) is 15.5. The zero-order valence-corrected chi connectivity index (χ0v) is 25.8. The van der Waals surface area contributed by atoms with Gasteiger partial charge >= 0.3 is 0 Å². The summed E-state index contributed by atoms with van der Waals surface area (Å²) in [7, 11) is 0. The van der Waals surface area contributed by atoms with Crippen LogP contribution < -0.4 is 9.80 Å². The van der Waals surface area contributed by atoms with Crippen molar-refractivity contribution in [3.05, 3.63) is 168 Å². The van der Waals surface area contributed by atoms with Crippen LogP contribution in [-0.2, 0) is 10.8 Å². The lowest BCUT2D eigenvalue weighted by Gasteiger charge is -2.49. The second kappa shape index (κ2) is 9.72. The summed E-state index contributed by atoms with van der Waals surface area (Å²) in [4.78, 5) is 4.92. The summed E-state index contributed by atoms with van der Waals surface area (Å²) in [6.45, 7) is 9.51. The fraction of sp³-hybridized carbons (Fsp3) is 0.143. The number of anilines is 6. The summed E-state index contributed by atoms with van der Waals surface area (Å²) in [6.07, 6.45) is 0. The number of nitrogens with zero attached hydrogens (tertiary/aromatic N) is 2. The predicted molar refractivity (Wildman–Crippen MR) is 185 cm³/mol. The van der Waals surface area contributed by atoms with Gasteiger partial charge in [0.2, 0.25) is 0 Å². The first-order chi connectivity index (χ1) is 21.4. The smallest absolute Gasteiger partial charge is 0.0543 e. The van der Waals surface area contributed by atoms with E-state index in [2.05, 4.69) is 183 Å². The molecular formula is C42H36N2. The Labute approximate surface area is 260 Å². The fourth-order valence-electron chi connectivity index (χ4n) is 7.49. The zero-order chi connectivity index (χ0) is 30.1. The first-order valence-corrected chi connectivity index (χ1v) is 15.5. The third kappa shape index (κ3) is 3.87. The molecule has 2 aliphatic rings. The number of benzene rings is 6. The molecule has 0 aromatic heterocycles. The van der Waals surface area contributed by atoms with E-state index >= 15 is 0 Å². The molecule has 214 valence electrons. The monoisotopic (exact) mass is 568 g/mol. The molecule has 0 radical (unpaired) electrons. The Hall–Kier alpha value is -5.08. The first kappa shape index (κ1) is 26.5. The van der Waals surface area contributed by atoms with Gasteiger partial charge in [0.15, 0.2) is 0 Å². The molecule has 44 heavy (non-hydrogen) atoms. The van der Waals surface area contributed by atoms with Gasteiger partial charge in [-0.15, -0.1) is 0 Å². The summed E-state index contributed by atoms with van der Waals surface area (Å²) >= 11 is 0. The molecule has 0 saturated carbocycles. The zero-order valence-electron chi connectivity index (χ0n) is 25.8. The van der Waals surface area contributed by atoms with Gasteiger partial charge < -0.3 is 9.80 Å². The van der Waals surface area contributed by atoms with Crippen molar-refractivity contribution < 1.29 is 0 Å². The minimum absolute atomic E-state index is 0.0835. The molecule has 0 spiro atoms. The molecule has 0 amide bonds. The molecule has 0 saturated heterocycles. The lowest BCUT2D eigenvalue weighted by molar-refractivity contribution is 0.597. The van der Waals surface area contributed by atoms with Gasteiger partial charge in [-0.25, -0.2) is 0 Å². The maximum Gasteiger partial charge on any atom is 0.0543 e. The van der Waals surface area contributed by atoms with Crippen LogP contribution in [-0.4, -0.2) is 0 Å². The number of fused-ring (bicyclic) bond motifs is 4. The molecular weight excluding hydrogens is 532 g/mol. The molecule has 0 bridgehead atoms. The van der Waals surface area contributed by atoms with Crippen LogP contribution in [0.1, 0.15) is 49.9 Å². The van der Waals surface area contributed by atoms with E-state index in [4.69, 9.17) is 0 Å². The molecule has 2 nitrogen and oxygen atoms in total. The fourth-order valence-corrected chi connectivity index (χ4v) is 7.49. The largest absolute Gasteiger partial charge is 0.310 e. The normalized spacial score (nSPS) is 15.1. The third-order valence-corrected chi connectivity index (χ3v) is 9.80. The van der Waals surface area contributed by atoms with Crippen molar-refractivity contribution in [3.63, 3.8) is 0 Å². The van der Waals surface area contributed by atoms with Crippen molar-refractivity contribution in [1.29, 1.82) is 0 Å². The van der Waals surface area contributed by atoms with Crippen LogP contribution in [0.15, 0.2) is 146 Å². The van der Waals surface area contributed by atoms with Crippen molar-refractivity contribution in [2.24, 2.45) is 0 Å². The van der Waals surface area contributed by atoms with E-state index in [0.717, 1.165) is 17.1 Å². The predicted octanol–water partition coefficient (Wildman–Crippen LogP) is 11.6. The molecule has 0 atom stereocenters. The van der Waals surface area contributed by atoms with Crippen LogP contribution in [0.2, 0.25) is 0 Å². The summed E-state index contributed by atoms with van der Waals surface area (Å²) in [5, 5.41) is 0. The van der Waals surface area contributed by atoms with Crippen LogP contribution >= 0.6 is 0 Å². The van der Waals surface area contributed by atoms with E-state index in [1.54, 1.807) is 0 Å². The van der Waals surface area contributed by atoms with Crippen molar-refractivity contribution in [3.8, 4) is 11.1 Å². The highest BCUT2D eigenvalue weighted by Gasteiger charge is 2.45. The summed E-state index contributed by atoms with van der Waals surface area (Å²) in [5.41, 5.74) is 14.9. The van der Waals surface area contributed by atoms with Crippen LogP contribution in [0.4, 0.5) is 34.1 Å². The van der Waals surface area contributed by atoms with Gasteiger partial charge in [-0.3, -0.25) is 0 Å². The number of para-hydroxylation sites is 3. The Morgan fingerprint density at radius 2 is 0.932 bits per heavy atom. The Bertz CT molecular complexity index is 2020. The second-order valence-corrected chi connectivity index (χ2v) is 13.1. The summed E-state index contributed by atoms with van der Waals surface area (Å²) in [5.74, 6) is 0. The number of rotatable bonds is 4. The molecule has 0 unspecified atom stereocenters. The maximum atomic E-state index is 2.53. The van der Waals surface area contributed by atoms with Crippen LogP contribution in [0.3, 0.4) is 0 Å². The molecule has 6 aromatic rings. The van der Waals surface area contributed by atoms with E-state index in [1.807, 2.05) is 0 Å². The van der Waals surface area contributed by atoms with Gasteiger partial charge in [-0.2, -0.15) is 0 Å². The second-order valence-electron chi connectivity index (χ2n) is 13.1. The van der Waals surface area contributed by atoms with Crippen LogP contribution in [0, 0.1) is 0 Å². The molecule has 2 heteroatoms. The Balaban J connectivity index is 1.34. The highest BCUT2D eigenvalue weighted by molar-refractivity contribution is 5.94. The minimum Gasteiger partial charge on any atom is -0.310 e. The van der Waals surface area contributed by atoms with Gasteiger partial charge in [0.25, 0.3) is 0 Å². The van der Waals surface area contributed by atoms with Gasteiger partial charge in [0, 0.05) is 27.9 Å². The van der Waals surface area contributed by atoms with Crippen LogP contribution in [0.25, 0.3) is 11.1 Å². The Morgan fingerprint density at radius 1 is 0.409 bits per heavy atom. The molecule has 0 N–H and O–H groups in total. The lowest BCUT2D eigenvalue weighted by atomic mass is 9.66. The van der Waals surface area contributed by atoms with E-state index in [9.17, 15) is 0 Å². The minimum atomic E-state index is -0.191. The van der Waals surface area contributed by atoms with E-state index in [0.29, 0.717) is 0 Å². The number of hydrogen-bond donors (Lipinski definition) is 0. The molecule has 2 heterocycles. The molecule has 0 aliphatic carbocycles. The third-order valence-electron chi connectivity index (χ3n) is 9.80. The topological polar surface area (TPSA) is 6.48 Å². The molecule has 6 aromatic carbocycles. The molecule has 8 rings (SSSR count). The van der Waals surface area contributed by atoms with Gasteiger partial charge in [0.05, 0.1) is 17.1 Å². The average molecular weight is 569 g/mol. The SMILES string of the molecule is CC1(C)c2ccccc2N2c3ccc(N(c4ccccc4)c4cccc(-c5ccccc5)c4)cc3C(C)(C)c3cccc1c32. The summed E-state index contributed by atoms with van der Waals surface area (Å²) < 4.78 is 0. The van der Waals surface area contributed by atoms with Gasteiger partial charge in [-0.1, -0.05) is 125 Å². The quantitative estimate of drug-likeness (QED) is 0.209. The summed E-state index contributed by atoms with van der Waals surface area (Å²) in [6, 6.07) is 53.2. The Morgan fingerprint density at radius 3 is 1.68 bits per heavy atom. The van der Waals surface area contributed by atoms with E-state index < -0.39 is 0 Å². The van der Waals surface area contributed by atoms with Crippen molar-refractivity contribution in [2.45, 2.75) is 38.5 Å². The van der Waals surface area contributed by atoms with Crippen LogP contribution in [0.5, 0.6) is 0 Å². The van der Waals surface area contributed by atoms with E-state index in [-0.39, 0.29) is 10.8 Å². The maximum absolute atomic E-state index is 2.53. The average Bonchev–Trinajstić information content (AvgIpc) is 3.06. The van der Waals surface area contributed by atoms with Crippen molar-refractivity contribution in [1.82, 2.24) is 0 Å². The van der Waals surface area contributed by atoms with Gasteiger partial charge in [0.1, 0.15) is 0 Å². The number of hydrogen-bond acceptors (Lipinski definition) is 2. The highest BCUT2D eigenvalue weighted by atomic mass is 15.2. The lowest BCUT2D eigenvalue weighted by Crippen LogP contribution is -2.38. The van der Waals surface area contributed by atoms with E-state index in [1.165, 1.54) is 50.4 Å². The molecule has 0 fully saturated rings. The highest BCUT2D eigenvalue weighted by Crippen LogP contribution is 2.60. The Kier molecular flexibility index (Phi) is 5.86.